The summed E-state index contributed by atoms with van der Waals surface area (Å²) in [4.78, 5) is 0. The molecule has 2 aliphatic rings. The molecule has 0 spiro atoms. The maximum Gasteiger partial charge on any atom is 0.0768 e. The Morgan fingerprint density at radius 1 is 0.906 bits per heavy atom. The zero-order chi connectivity index (χ0) is 22.7. The first kappa shape index (κ1) is 22.9. The predicted molar refractivity (Wildman–Crippen MR) is 138 cm³/mol. The maximum atomic E-state index is 3.81. The molecule has 32 heavy (non-hydrogen) atoms. The summed E-state index contributed by atoms with van der Waals surface area (Å²) in [5, 5.41) is 7.40. The summed E-state index contributed by atoms with van der Waals surface area (Å²) in [5.41, 5.74) is 10.0. The third-order valence-electron chi connectivity index (χ3n) is 7.31. The van der Waals surface area contributed by atoms with Crippen LogP contribution in [0.3, 0.4) is 0 Å². The summed E-state index contributed by atoms with van der Waals surface area (Å²) in [5.74, 6) is 1.25. The molecule has 170 valence electrons. The fourth-order valence-corrected chi connectivity index (χ4v) is 5.18. The molecule has 2 aromatic carbocycles. The van der Waals surface area contributed by atoms with Crippen LogP contribution in [-0.2, 0) is 6.42 Å². The lowest BCUT2D eigenvalue weighted by Crippen LogP contribution is -2.46. The van der Waals surface area contributed by atoms with E-state index in [4.69, 9.17) is 0 Å². The van der Waals surface area contributed by atoms with Crippen LogP contribution in [0, 0.1) is 18.8 Å². The van der Waals surface area contributed by atoms with Crippen molar-refractivity contribution in [2.45, 2.75) is 78.9 Å². The highest BCUT2D eigenvalue weighted by atomic mass is 15.1. The smallest absolute Gasteiger partial charge is 0.0768 e. The number of aryl methyl sites for hydroxylation is 2. The Labute approximate surface area is 195 Å². The van der Waals surface area contributed by atoms with E-state index in [1.165, 1.54) is 53.5 Å². The summed E-state index contributed by atoms with van der Waals surface area (Å²) in [7, 11) is 0. The van der Waals surface area contributed by atoms with Gasteiger partial charge in [-0.2, -0.15) is 0 Å². The molecule has 3 unspecified atom stereocenters. The van der Waals surface area contributed by atoms with Crippen LogP contribution in [0.25, 0.3) is 17.2 Å². The van der Waals surface area contributed by atoms with Crippen molar-refractivity contribution in [1.82, 2.24) is 10.6 Å². The average Bonchev–Trinajstić information content (AvgIpc) is 2.79. The van der Waals surface area contributed by atoms with E-state index in [-0.39, 0.29) is 0 Å². The van der Waals surface area contributed by atoms with Gasteiger partial charge < -0.3 is 5.32 Å². The Balaban J connectivity index is 1.36. The van der Waals surface area contributed by atoms with E-state index < -0.39 is 0 Å². The SMILES string of the molecule is Cc1ccc(-c2ccc3c(c2)CCC(C(C)CC(C)NC2CCC(C(C)C)=CN2)=C3)cc1. The van der Waals surface area contributed by atoms with Gasteiger partial charge in [0.05, 0.1) is 6.17 Å². The number of hydrogen-bond donors (Lipinski definition) is 2. The molecule has 0 aromatic heterocycles. The van der Waals surface area contributed by atoms with Crippen LogP contribution in [0.15, 0.2) is 59.8 Å². The maximum absolute atomic E-state index is 3.81. The number of nitrogens with one attached hydrogen (secondary N) is 2. The summed E-state index contributed by atoms with van der Waals surface area (Å²) in [6, 6.07) is 16.4. The number of hydrogen-bond acceptors (Lipinski definition) is 2. The molecule has 2 nitrogen and oxygen atoms in total. The number of fused-ring (bicyclic) bond motifs is 1. The zero-order valence-corrected chi connectivity index (χ0v) is 20.5. The molecule has 0 fully saturated rings. The largest absolute Gasteiger partial charge is 0.376 e. The van der Waals surface area contributed by atoms with Crippen molar-refractivity contribution in [3.05, 3.63) is 76.5 Å². The van der Waals surface area contributed by atoms with E-state index in [1.807, 2.05) is 0 Å². The first-order valence-electron chi connectivity index (χ1n) is 12.5. The lowest BCUT2D eigenvalue weighted by atomic mass is 9.83. The third-order valence-corrected chi connectivity index (χ3v) is 7.31. The molecule has 1 aliphatic carbocycles. The monoisotopic (exact) mass is 428 g/mol. The molecule has 2 aromatic rings. The predicted octanol–water partition coefficient (Wildman–Crippen LogP) is 7.25. The van der Waals surface area contributed by atoms with E-state index in [1.54, 1.807) is 11.1 Å². The van der Waals surface area contributed by atoms with Crippen molar-refractivity contribution in [2.24, 2.45) is 11.8 Å². The van der Waals surface area contributed by atoms with Crippen molar-refractivity contribution in [2.75, 3.05) is 0 Å². The van der Waals surface area contributed by atoms with E-state index >= 15 is 0 Å². The standard InChI is InChI=1S/C30H40N2/c1-20(2)29-14-15-30(31-19-29)32-23(5)16-22(4)25-10-11-28-18-26(12-13-27(28)17-25)24-8-6-21(3)7-9-24/h6-9,12-13,17-20,22-23,30-32H,10-11,14-16H2,1-5H3. The van der Waals surface area contributed by atoms with Gasteiger partial charge in [-0.1, -0.05) is 86.0 Å². The Morgan fingerprint density at radius 3 is 2.34 bits per heavy atom. The second-order valence-corrected chi connectivity index (χ2v) is 10.3. The molecule has 3 atom stereocenters. The van der Waals surface area contributed by atoms with Gasteiger partial charge in [-0.15, -0.1) is 0 Å². The fraction of sp³-hybridized carbons (Fsp3) is 0.467. The normalized spacial score (nSPS) is 20.1. The van der Waals surface area contributed by atoms with Crippen molar-refractivity contribution in [1.29, 1.82) is 0 Å². The van der Waals surface area contributed by atoms with Crippen molar-refractivity contribution < 1.29 is 0 Å². The molecule has 0 bridgehead atoms. The van der Waals surface area contributed by atoms with Gasteiger partial charge in [0.15, 0.2) is 0 Å². The first-order valence-corrected chi connectivity index (χ1v) is 12.5. The van der Waals surface area contributed by atoms with Crippen molar-refractivity contribution >= 4 is 6.08 Å². The minimum Gasteiger partial charge on any atom is -0.376 e. The zero-order valence-electron chi connectivity index (χ0n) is 20.5. The summed E-state index contributed by atoms with van der Waals surface area (Å²) in [6.45, 7) is 11.5. The van der Waals surface area contributed by atoms with E-state index in [9.17, 15) is 0 Å². The third kappa shape index (κ3) is 5.53. The summed E-state index contributed by atoms with van der Waals surface area (Å²) < 4.78 is 0. The van der Waals surface area contributed by atoms with E-state index in [2.05, 4.69) is 100.0 Å². The van der Waals surface area contributed by atoms with Gasteiger partial charge in [-0.05, 0) is 86.2 Å². The molecule has 2 N–H and O–H groups in total. The Bertz CT molecular complexity index is 980. The lowest BCUT2D eigenvalue weighted by molar-refractivity contribution is 0.345. The molecular formula is C30H40N2. The van der Waals surface area contributed by atoms with E-state index in [0.717, 1.165) is 6.42 Å². The molecule has 0 amide bonds. The highest BCUT2D eigenvalue weighted by molar-refractivity contribution is 5.70. The molecule has 2 heteroatoms. The highest BCUT2D eigenvalue weighted by Crippen LogP contribution is 2.33. The van der Waals surface area contributed by atoms with Crippen LogP contribution in [0.2, 0.25) is 0 Å². The Kier molecular flexibility index (Phi) is 7.20. The van der Waals surface area contributed by atoms with Gasteiger partial charge in [0.25, 0.3) is 0 Å². The number of allylic oxidation sites excluding steroid dienone is 2. The summed E-state index contributed by atoms with van der Waals surface area (Å²) in [6.07, 6.45) is 11.0. The van der Waals surface area contributed by atoms with Crippen LogP contribution in [0.4, 0.5) is 0 Å². The van der Waals surface area contributed by atoms with E-state index in [0.29, 0.717) is 24.0 Å². The topological polar surface area (TPSA) is 24.1 Å². The molecule has 1 heterocycles. The van der Waals surface area contributed by atoms with Gasteiger partial charge >= 0.3 is 0 Å². The Morgan fingerprint density at radius 2 is 1.66 bits per heavy atom. The number of rotatable bonds is 7. The fourth-order valence-electron chi connectivity index (χ4n) is 5.18. The van der Waals surface area contributed by atoms with Crippen LogP contribution in [0.5, 0.6) is 0 Å². The second kappa shape index (κ2) is 10.1. The average molecular weight is 429 g/mol. The van der Waals surface area contributed by atoms with Gasteiger partial charge in [-0.3, -0.25) is 5.32 Å². The van der Waals surface area contributed by atoms with Crippen LogP contribution >= 0.6 is 0 Å². The molecular weight excluding hydrogens is 388 g/mol. The van der Waals surface area contributed by atoms with Crippen molar-refractivity contribution in [3.8, 4) is 11.1 Å². The van der Waals surface area contributed by atoms with Gasteiger partial charge in [0.2, 0.25) is 0 Å². The molecule has 0 saturated carbocycles. The molecule has 0 saturated heterocycles. The van der Waals surface area contributed by atoms with Gasteiger partial charge in [-0.25, -0.2) is 0 Å². The number of benzene rings is 2. The van der Waals surface area contributed by atoms with Crippen molar-refractivity contribution in [3.63, 3.8) is 0 Å². The minimum atomic E-state index is 0.404. The Hall–Kier alpha value is -2.32. The van der Waals surface area contributed by atoms with Crippen LogP contribution in [0.1, 0.15) is 70.1 Å². The highest BCUT2D eigenvalue weighted by Gasteiger charge is 2.21. The van der Waals surface area contributed by atoms with Crippen LogP contribution < -0.4 is 10.6 Å². The quantitative estimate of drug-likeness (QED) is 0.485. The van der Waals surface area contributed by atoms with Crippen LogP contribution in [-0.4, -0.2) is 12.2 Å². The summed E-state index contributed by atoms with van der Waals surface area (Å²) >= 11 is 0. The molecule has 1 aliphatic heterocycles. The molecule has 0 radical (unpaired) electrons. The second-order valence-electron chi connectivity index (χ2n) is 10.3. The van der Waals surface area contributed by atoms with Gasteiger partial charge in [0, 0.05) is 6.04 Å². The first-order chi connectivity index (χ1) is 15.4. The lowest BCUT2D eigenvalue weighted by Gasteiger charge is -2.31. The minimum absolute atomic E-state index is 0.404. The molecule has 4 rings (SSSR count). The van der Waals surface area contributed by atoms with Gasteiger partial charge in [0.1, 0.15) is 0 Å².